The van der Waals surface area contributed by atoms with Gasteiger partial charge in [0.25, 0.3) is 11.8 Å². The summed E-state index contributed by atoms with van der Waals surface area (Å²) in [6, 6.07) is 21.8. The van der Waals surface area contributed by atoms with Gasteiger partial charge in [0.1, 0.15) is 5.75 Å². The van der Waals surface area contributed by atoms with Gasteiger partial charge < -0.3 is 15.0 Å². The average molecular weight is 431 g/mol. The van der Waals surface area contributed by atoms with Crippen molar-refractivity contribution >= 4 is 22.6 Å². The maximum atomic E-state index is 13.1. The van der Waals surface area contributed by atoms with Gasteiger partial charge in [0.05, 0.1) is 0 Å². The molecule has 0 aromatic heterocycles. The number of benzene rings is 3. The van der Waals surface area contributed by atoms with Gasteiger partial charge in [-0.2, -0.15) is 0 Å². The third-order valence-electron chi connectivity index (χ3n) is 6.00. The number of carbonyl (C=O) groups is 2. The normalized spacial score (nSPS) is 14.3. The predicted octanol–water partition coefficient (Wildman–Crippen LogP) is 4.59. The molecule has 0 aliphatic carbocycles. The fraction of sp³-hybridized carbons (Fsp3) is 0.333. The Labute approximate surface area is 189 Å². The molecule has 1 aliphatic rings. The highest BCUT2D eigenvalue weighted by atomic mass is 16.5. The number of fused-ring (bicyclic) bond motifs is 1. The number of hydrogen-bond acceptors (Lipinski definition) is 3. The molecule has 4 rings (SSSR count). The molecule has 0 radical (unpaired) electrons. The van der Waals surface area contributed by atoms with Crippen molar-refractivity contribution in [3.05, 3.63) is 77.9 Å². The zero-order chi connectivity index (χ0) is 22.3. The standard InChI is InChI=1S/C27H30N2O3/c1-2-6-20-11-13-23(14-12-20)32-19-26(30)28-22-15-17-29(18-16-22)27(31)25-10-5-8-21-7-3-4-9-24(21)25/h3-5,7-14,22H,2,6,15-19H2,1H3,(H,28,30). The lowest BCUT2D eigenvalue weighted by Gasteiger charge is -2.32. The van der Waals surface area contributed by atoms with Crippen molar-refractivity contribution in [1.82, 2.24) is 10.2 Å². The van der Waals surface area contributed by atoms with Gasteiger partial charge in [-0.05, 0) is 53.8 Å². The number of piperidine rings is 1. The first-order valence-electron chi connectivity index (χ1n) is 11.4. The van der Waals surface area contributed by atoms with Crippen LogP contribution >= 0.6 is 0 Å². The first kappa shape index (κ1) is 21.9. The first-order chi connectivity index (χ1) is 15.6. The highest BCUT2D eigenvalue weighted by molar-refractivity contribution is 6.07. The molecule has 1 heterocycles. The maximum absolute atomic E-state index is 13.1. The van der Waals surface area contributed by atoms with Crippen LogP contribution in [0.3, 0.4) is 0 Å². The molecule has 5 nitrogen and oxygen atoms in total. The zero-order valence-electron chi connectivity index (χ0n) is 18.5. The lowest BCUT2D eigenvalue weighted by atomic mass is 10.0. The third-order valence-corrected chi connectivity index (χ3v) is 6.00. The van der Waals surface area contributed by atoms with Crippen LogP contribution in [-0.4, -0.2) is 42.5 Å². The number of carbonyl (C=O) groups excluding carboxylic acids is 2. The van der Waals surface area contributed by atoms with E-state index < -0.39 is 0 Å². The molecule has 1 aliphatic heterocycles. The molecule has 3 aromatic rings. The Kier molecular flexibility index (Phi) is 7.05. The van der Waals surface area contributed by atoms with E-state index in [4.69, 9.17) is 4.74 Å². The molecule has 0 saturated carbocycles. The van der Waals surface area contributed by atoms with Gasteiger partial charge >= 0.3 is 0 Å². The number of aryl methyl sites for hydroxylation is 1. The van der Waals surface area contributed by atoms with Crippen molar-refractivity contribution in [2.24, 2.45) is 0 Å². The van der Waals surface area contributed by atoms with Crippen LogP contribution in [0.2, 0.25) is 0 Å². The van der Waals surface area contributed by atoms with E-state index >= 15 is 0 Å². The largest absolute Gasteiger partial charge is 0.484 e. The van der Waals surface area contributed by atoms with Crippen molar-refractivity contribution in [3.63, 3.8) is 0 Å². The number of ether oxygens (including phenoxy) is 1. The number of nitrogens with one attached hydrogen (secondary N) is 1. The number of rotatable bonds is 7. The van der Waals surface area contributed by atoms with Crippen LogP contribution in [0.25, 0.3) is 10.8 Å². The lowest BCUT2D eigenvalue weighted by Crippen LogP contribution is -2.47. The van der Waals surface area contributed by atoms with E-state index in [0.29, 0.717) is 18.8 Å². The highest BCUT2D eigenvalue weighted by Crippen LogP contribution is 2.22. The van der Waals surface area contributed by atoms with Gasteiger partial charge in [-0.3, -0.25) is 9.59 Å². The molecule has 166 valence electrons. The highest BCUT2D eigenvalue weighted by Gasteiger charge is 2.25. The fourth-order valence-electron chi connectivity index (χ4n) is 4.27. The summed E-state index contributed by atoms with van der Waals surface area (Å²) in [5.41, 5.74) is 2.01. The average Bonchev–Trinajstić information content (AvgIpc) is 2.83. The SMILES string of the molecule is CCCc1ccc(OCC(=O)NC2CCN(C(=O)c3cccc4ccccc34)CC2)cc1. The monoisotopic (exact) mass is 430 g/mol. The van der Waals surface area contributed by atoms with Crippen LogP contribution in [0.5, 0.6) is 5.75 Å². The Morgan fingerprint density at radius 1 is 0.969 bits per heavy atom. The molecule has 0 atom stereocenters. The Morgan fingerprint density at radius 2 is 1.69 bits per heavy atom. The molecule has 1 saturated heterocycles. The van der Waals surface area contributed by atoms with E-state index in [2.05, 4.69) is 12.2 Å². The van der Waals surface area contributed by atoms with Crippen LogP contribution < -0.4 is 10.1 Å². The van der Waals surface area contributed by atoms with Crippen LogP contribution in [-0.2, 0) is 11.2 Å². The molecule has 2 amide bonds. The van der Waals surface area contributed by atoms with Crippen LogP contribution in [0.1, 0.15) is 42.1 Å². The molecule has 1 fully saturated rings. The van der Waals surface area contributed by atoms with Crippen LogP contribution in [0.15, 0.2) is 66.7 Å². The van der Waals surface area contributed by atoms with E-state index in [0.717, 1.165) is 42.0 Å². The zero-order valence-corrected chi connectivity index (χ0v) is 18.5. The number of hydrogen-bond donors (Lipinski definition) is 1. The Hall–Kier alpha value is -3.34. The lowest BCUT2D eigenvalue weighted by molar-refractivity contribution is -0.124. The van der Waals surface area contributed by atoms with Gasteiger partial charge in [-0.25, -0.2) is 0 Å². The second-order valence-corrected chi connectivity index (χ2v) is 8.34. The Morgan fingerprint density at radius 3 is 2.44 bits per heavy atom. The molecule has 32 heavy (non-hydrogen) atoms. The minimum absolute atomic E-state index is 0.00226. The topological polar surface area (TPSA) is 58.6 Å². The smallest absolute Gasteiger partial charge is 0.258 e. The molecule has 3 aromatic carbocycles. The van der Waals surface area contributed by atoms with E-state index in [-0.39, 0.29) is 24.5 Å². The van der Waals surface area contributed by atoms with Gasteiger partial charge in [0, 0.05) is 24.7 Å². The Balaban J connectivity index is 1.25. The molecular formula is C27H30N2O3. The number of likely N-dealkylation sites (tertiary alicyclic amines) is 1. The van der Waals surface area contributed by atoms with E-state index in [1.165, 1.54) is 5.56 Å². The second-order valence-electron chi connectivity index (χ2n) is 8.34. The van der Waals surface area contributed by atoms with Crippen LogP contribution in [0, 0.1) is 0 Å². The van der Waals surface area contributed by atoms with Crippen molar-refractivity contribution in [2.45, 2.75) is 38.6 Å². The van der Waals surface area contributed by atoms with Gasteiger partial charge in [0.2, 0.25) is 0 Å². The predicted molar refractivity (Wildman–Crippen MR) is 127 cm³/mol. The Bertz CT molecular complexity index is 1060. The molecule has 1 N–H and O–H groups in total. The summed E-state index contributed by atoms with van der Waals surface area (Å²) in [4.78, 5) is 27.3. The summed E-state index contributed by atoms with van der Waals surface area (Å²) < 4.78 is 5.62. The van der Waals surface area contributed by atoms with Crippen molar-refractivity contribution in [2.75, 3.05) is 19.7 Å². The summed E-state index contributed by atoms with van der Waals surface area (Å²) in [6.45, 7) is 3.42. The van der Waals surface area contributed by atoms with Gasteiger partial charge in [0.15, 0.2) is 6.61 Å². The molecule has 0 bridgehead atoms. The van der Waals surface area contributed by atoms with E-state index in [1.807, 2.05) is 71.6 Å². The molecule has 5 heteroatoms. The molecule has 0 unspecified atom stereocenters. The summed E-state index contributed by atoms with van der Waals surface area (Å²) >= 11 is 0. The summed E-state index contributed by atoms with van der Waals surface area (Å²) in [7, 11) is 0. The van der Waals surface area contributed by atoms with Gasteiger partial charge in [-0.15, -0.1) is 0 Å². The van der Waals surface area contributed by atoms with Crippen LogP contribution in [0.4, 0.5) is 0 Å². The number of nitrogens with zero attached hydrogens (tertiary/aromatic N) is 1. The third kappa shape index (κ3) is 5.28. The van der Waals surface area contributed by atoms with E-state index in [9.17, 15) is 9.59 Å². The van der Waals surface area contributed by atoms with E-state index in [1.54, 1.807) is 0 Å². The van der Waals surface area contributed by atoms with Crippen molar-refractivity contribution in [1.29, 1.82) is 0 Å². The van der Waals surface area contributed by atoms with Crippen molar-refractivity contribution in [3.8, 4) is 5.75 Å². The fourth-order valence-corrected chi connectivity index (χ4v) is 4.27. The van der Waals surface area contributed by atoms with Gasteiger partial charge in [-0.1, -0.05) is 61.9 Å². The number of amides is 2. The second kappa shape index (κ2) is 10.3. The maximum Gasteiger partial charge on any atom is 0.258 e. The minimum Gasteiger partial charge on any atom is -0.484 e. The summed E-state index contributed by atoms with van der Waals surface area (Å²) in [6.07, 6.45) is 3.64. The minimum atomic E-state index is -0.124. The quantitative estimate of drug-likeness (QED) is 0.596. The first-order valence-corrected chi connectivity index (χ1v) is 11.4. The van der Waals surface area contributed by atoms with Crippen molar-refractivity contribution < 1.29 is 14.3 Å². The summed E-state index contributed by atoms with van der Waals surface area (Å²) in [5.74, 6) is 0.637. The summed E-state index contributed by atoms with van der Waals surface area (Å²) in [5, 5.41) is 5.10. The molecule has 0 spiro atoms. The molecular weight excluding hydrogens is 400 g/mol.